The Balaban J connectivity index is 1.40. The van der Waals surface area contributed by atoms with Crippen molar-refractivity contribution in [1.82, 2.24) is 5.01 Å². The Kier molecular flexibility index (Phi) is 5.21. The van der Waals surface area contributed by atoms with Crippen molar-refractivity contribution < 1.29 is 14.3 Å². The predicted octanol–water partition coefficient (Wildman–Crippen LogP) is 3.34. The molecular formula is C26H24N4O3. The number of allylic oxidation sites excluding steroid dienone is 2. The van der Waals surface area contributed by atoms with Crippen molar-refractivity contribution in [2.24, 2.45) is 28.8 Å². The lowest BCUT2D eigenvalue weighted by Crippen LogP contribution is -2.28. The molecule has 166 valence electrons. The monoisotopic (exact) mass is 440 g/mol. The Morgan fingerprint density at radius 2 is 1.82 bits per heavy atom. The maximum absolute atomic E-state index is 12.9. The molecule has 33 heavy (non-hydrogen) atoms. The molecule has 1 saturated heterocycles. The van der Waals surface area contributed by atoms with Gasteiger partial charge in [-0.15, -0.1) is 0 Å². The zero-order valence-corrected chi connectivity index (χ0v) is 18.5. The second kappa shape index (κ2) is 8.21. The van der Waals surface area contributed by atoms with Gasteiger partial charge in [0.1, 0.15) is 12.4 Å². The molecule has 7 heteroatoms. The largest absolute Gasteiger partial charge is 0.488 e. The van der Waals surface area contributed by atoms with Gasteiger partial charge in [-0.2, -0.15) is 15.4 Å². The summed E-state index contributed by atoms with van der Waals surface area (Å²) < 4.78 is 6.08. The van der Waals surface area contributed by atoms with E-state index in [0.717, 1.165) is 22.7 Å². The Bertz CT molecular complexity index is 1200. The zero-order chi connectivity index (χ0) is 23.1. The zero-order valence-electron chi connectivity index (χ0n) is 18.5. The summed E-state index contributed by atoms with van der Waals surface area (Å²) in [5, 5.41) is 14.7. The first-order valence-electron chi connectivity index (χ1n) is 11.0. The molecule has 5 rings (SSSR count). The minimum atomic E-state index is -0.279. The van der Waals surface area contributed by atoms with Gasteiger partial charge in [0, 0.05) is 37.0 Å². The number of amides is 2. The standard InChI is InChI=1S/C26H24N4O3/c1-29(2)21-10-9-19(22(12-21)33-15-20-6-4-3-5-18(20)13-27)14-28-30-25(31)23-16-7-8-17(11-16)24(23)26(30)32/h3-10,12,14,16-17,23-24H,11,15H2,1-2H3. The highest BCUT2D eigenvalue weighted by atomic mass is 16.5. The molecule has 2 aromatic rings. The molecule has 0 radical (unpaired) electrons. The van der Waals surface area contributed by atoms with E-state index in [4.69, 9.17) is 4.74 Å². The normalized spacial score (nSPS) is 25.1. The number of nitrogens with zero attached hydrogens (tertiary/aromatic N) is 4. The number of carbonyl (C=O) groups excluding carboxylic acids is 2. The molecule has 1 saturated carbocycles. The van der Waals surface area contributed by atoms with Crippen molar-refractivity contribution in [2.45, 2.75) is 13.0 Å². The van der Waals surface area contributed by atoms with E-state index >= 15 is 0 Å². The molecule has 4 unspecified atom stereocenters. The van der Waals surface area contributed by atoms with Crippen molar-refractivity contribution >= 4 is 23.7 Å². The first kappa shape index (κ1) is 21.0. The smallest absolute Gasteiger partial charge is 0.254 e. The van der Waals surface area contributed by atoms with Gasteiger partial charge in [-0.05, 0) is 36.5 Å². The summed E-state index contributed by atoms with van der Waals surface area (Å²) in [4.78, 5) is 27.8. The summed E-state index contributed by atoms with van der Waals surface area (Å²) in [6.45, 7) is 0.211. The molecule has 0 spiro atoms. The van der Waals surface area contributed by atoms with Crippen LogP contribution in [0.4, 0.5) is 5.69 Å². The van der Waals surface area contributed by atoms with Crippen molar-refractivity contribution in [2.75, 3.05) is 19.0 Å². The van der Waals surface area contributed by atoms with Crippen molar-refractivity contribution in [3.8, 4) is 11.8 Å². The number of hydrazone groups is 1. The van der Waals surface area contributed by atoms with Crippen LogP contribution in [0.5, 0.6) is 5.75 Å². The molecule has 2 bridgehead atoms. The van der Waals surface area contributed by atoms with E-state index in [1.165, 1.54) is 6.21 Å². The Morgan fingerprint density at radius 1 is 1.12 bits per heavy atom. The first-order valence-corrected chi connectivity index (χ1v) is 11.0. The van der Waals surface area contributed by atoms with Gasteiger partial charge in [0.25, 0.3) is 11.8 Å². The number of carbonyl (C=O) groups is 2. The van der Waals surface area contributed by atoms with Gasteiger partial charge in [0.05, 0.1) is 29.7 Å². The van der Waals surface area contributed by atoms with Crippen molar-refractivity contribution in [3.05, 3.63) is 71.3 Å². The Morgan fingerprint density at radius 3 is 2.48 bits per heavy atom. The third-order valence-electron chi connectivity index (χ3n) is 6.79. The van der Waals surface area contributed by atoms with Gasteiger partial charge >= 0.3 is 0 Å². The number of hydrogen-bond acceptors (Lipinski definition) is 6. The highest BCUT2D eigenvalue weighted by molar-refractivity contribution is 6.07. The number of benzene rings is 2. The van der Waals surface area contributed by atoms with Crippen LogP contribution >= 0.6 is 0 Å². The number of anilines is 1. The molecule has 1 heterocycles. The Hall–Kier alpha value is -3.92. The highest BCUT2D eigenvalue weighted by Gasteiger charge is 2.59. The van der Waals surface area contributed by atoms with E-state index < -0.39 is 0 Å². The first-order chi connectivity index (χ1) is 16.0. The lowest BCUT2D eigenvalue weighted by atomic mass is 9.85. The molecular weight excluding hydrogens is 416 g/mol. The highest BCUT2D eigenvalue weighted by Crippen LogP contribution is 2.52. The molecule has 4 atom stereocenters. The number of imide groups is 1. The van der Waals surface area contributed by atoms with Gasteiger partial charge in [0.2, 0.25) is 0 Å². The molecule has 3 aliphatic rings. The quantitative estimate of drug-likeness (QED) is 0.391. The van der Waals surface area contributed by atoms with Gasteiger partial charge in [-0.25, -0.2) is 0 Å². The fraction of sp³-hybridized carbons (Fsp3) is 0.308. The number of nitriles is 1. The maximum atomic E-state index is 12.9. The van der Waals surface area contributed by atoms with Crippen LogP contribution in [0.1, 0.15) is 23.1 Å². The summed E-state index contributed by atoms with van der Waals surface area (Å²) in [6.07, 6.45) is 6.53. The molecule has 0 aromatic heterocycles. The molecule has 7 nitrogen and oxygen atoms in total. The number of hydrogen-bond donors (Lipinski definition) is 0. The predicted molar refractivity (Wildman–Crippen MR) is 123 cm³/mol. The molecule has 2 aliphatic carbocycles. The van der Waals surface area contributed by atoms with E-state index in [1.54, 1.807) is 6.07 Å². The summed E-state index contributed by atoms with van der Waals surface area (Å²) in [6, 6.07) is 15.1. The number of rotatable bonds is 6. The van der Waals surface area contributed by atoms with E-state index in [2.05, 4.69) is 23.3 Å². The Labute approximate surface area is 192 Å². The third kappa shape index (κ3) is 3.58. The molecule has 1 aliphatic heterocycles. The van der Waals surface area contributed by atoms with Crippen LogP contribution in [0.2, 0.25) is 0 Å². The molecule has 2 fully saturated rings. The fourth-order valence-electron chi connectivity index (χ4n) is 5.06. The van der Waals surface area contributed by atoms with Gasteiger partial charge < -0.3 is 9.64 Å². The fourth-order valence-corrected chi connectivity index (χ4v) is 5.06. The van der Waals surface area contributed by atoms with Gasteiger partial charge in [-0.3, -0.25) is 9.59 Å². The summed E-state index contributed by atoms with van der Waals surface area (Å²) in [5.41, 5.74) is 2.91. The number of fused-ring (bicyclic) bond motifs is 5. The molecule has 2 amide bonds. The summed E-state index contributed by atoms with van der Waals surface area (Å²) >= 11 is 0. The average Bonchev–Trinajstić information content (AvgIpc) is 3.51. The minimum absolute atomic E-state index is 0.148. The second-order valence-corrected chi connectivity index (χ2v) is 8.91. The number of ether oxygens (including phenoxy) is 1. The van der Waals surface area contributed by atoms with Crippen LogP contribution in [0.3, 0.4) is 0 Å². The van der Waals surface area contributed by atoms with Crippen molar-refractivity contribution in [1.29, 1.82) is 5.26 Å². The summed E-state index contributed by atoms with van der Waals surface area (Å²) in [5.74, 6) is -0.135. The lowest BCUT2D eigenvalue weighted by Gasteiger charge is -2.17. The van der Waals surface area contributed by atoms with Gasteiger partial charge in [-0.1, -0.05) is 30.4 Å². The van der Waals surface area contributed by atoms with Crippen LogP contribution in [0, 0.1) is 35.0 Å². The van der Waals surface area contributed by atoms with E-state index in [-0.39, 0.29) is 42.1 Å². The van der Waals surface area contributed by atoms with Crippen molar-refractivity contribution in [3.63, 3.8) is 0 Å². The van der Waals surface area contributed by atoms with Crippen LogP contribution in [-0.4, -0.2) is 37.1 Å². The molecule has 0 N–H and O–H groups in total. The summed E-state index contributed by atoms with van der Waals surface area (Å²) in [7, 11) is 3.86. The van der Waals surface area contributed by atoms with E-state index in [1.807, 2.05) is 55.4 Å². The van der Waals surface area contributed by atoms with Crippen LogP contribution in [-0.2, 0) is 16.2 Å². The van der Waals surface area contributed by atoms with Crippen LogP contribution in [0.15, 0.2) is 59.7 Å². The third-order valence-corrected chi connectivity index (χ3v) is 6.79. The van der Waals surface area contributed by atoms with E-state index in [9.17, 15) is 14.9 Å². The van der Waals surface area contributed by atoms with Crippen LogP contribution < -0.4 is 9.64 Å². The average molecular weight is 441 g/mol. The second-order valence-electron chi connectivity index (χ2n) is 8.91. The minimum Gasteiger partial charge on any atom is -0.488 e. The lowest BCUT2D eigenvalue weighted by molar-refractivity contribution is -0.140. The van der Waals surface area contributed by atoms with Gasteiger partial charge in [0.15, 0.2) is 0 Å². The molecule has 2 aromatic carbocycles. The maximum Gasteiger partial charge on any atom is 0.254 e. The van der Waals surface area contributed by atoms with Crippen LogP contribution in [0.25, 0.3) is 0 Å². The SMILES string of the molecule is CN(C)c1ccc(C=NN2C(=O)C3C4C=CC(C4)C3C2=O)c(OCc2ccccc2C#N)c1. The van der Waals surface area contributed by atoms with E-state index in [0.29, 0.717) is 16.9 Å². The topological polar surface area (TPSA) is 86.0 Å².